The Morgan fingerprint density at radius 3 is 2.64 bits per heavy atom. The molecule has 1 aromatic heterocycles. The molecule has 0 saturated carbocycles. The van der Waals surface area contributed by atoms with Crippen molar-refractivity contribution >= 4 is 17.4 Å². The van der Waals surface area contributed by atoms with Gasteiger partial charge in [-0.15, -0.1) is 0 Å². The maximum absolute atomic E-state index is 13.1. The van der Waals surface area contributed by atoms with E-state index in [2.05, 4.69) is 9.88 Å². The van der Waals surface area contributed by atoms with Gasteiger partial charge in [-0.2, -0.15) is 0 Å². The Balaban J connectivity index is 1.72. The lowest BCUT2D eigenvalue weighted by Gasteiger charge is -2.31. The third kappa shape index (κ3) is 5.07. The first-order chi connectivity index (χ1) is 16.1. The Morgan fingerprint density at radius 2 is 1.91 bits per heavy atom. The minimum atomic E-state index is -0.704. The standard InChI is InChI=1S/C25H29N3O5/c1-2-14-33-20-5-3-4-19(17-20)22-21(23(29)18-6-8-26-9-7-18)24(30)25(31)28(22)11-10-27-12-15-32-16-13-27/h3-9,17,22,29H,2,10-16H2,1H3. The summed E-state index contributed by atoms with van der Waals surface area (Å²) in [7, 11) is 0. The van der Waals surface area contributed by atoms with Gasteiger partial charge >= 0.3 is 0 Å². The Labute approximate surface area is 193 Å². The number of ketones is 1. The molecule has 2 aliphatic heterocycles. The number of aromatic nitrogens is 1. The van der Waals surface area contributed by atoms with Crippen LogP contribution in [0, 0.1) is 0 Å². The highest BCUT2D eigenvalue weighted by Gasteiger charge is 2.46. The van der Waals surface area contributed by atoms with Crippen LogP contribution in [-0.4, -0.2) is 77.6 Å². The third-order valence-corrected chi connectivity index (χ3v) is 5.90. The highest BCUT2D eigenvalue weighted by atomic mass is 16.5. The molecule has 1 aromatic carbocycles. The molecule has 0 radical (unpaired) electrons. The average molecular weight is 452 g/mol. The second kappa shape index (κ2) is 10.6. The van der Waals surface area contributed by atoms with Crippen LogP contribution in [0.2, 0.25) is 0 Å². The van der Waals surface area contributed by atoms with Crippen LogP contribution in [0.4, 0.5) is 0 Å². The van der Waals surface area contributed by atoms with Gasteiger partial charge in [-0.3, -0.25) is 19.5 Å². The third-order valence-electron chi connectivity index (χ3n) is 5.90. The van der Waals surface area contributed by atoms with Gasteiger partial charge in [-0.05, 0) is 36.2 Å². The number of morpholine rings is 1. The van der Waals surface area contributed by atoms with E-state index in [1.165, 1.54) is 12.4 Å². The van der Waals surface area contributed by atoms with E-state index in [9.17, 15) is 14.7 Å². The molecule has 1 amide bonds. The van der Waals surface area contributed by atoms with Crippen molar-refractivity contribution in [2.75, 3.05) is 46.0 Å². The SMILES string of the molecule is CCCOc1cccc(C2C(=C(O)c3ccncc3)C(=O)C(=O)N2CCN2CCOCC2)c1. The van der Waals surface area contributed by atoms with Gasteiger partial charge in [0.15, 0.2) is 0 Å². The molecule has 8 nitrogen and oxygen atoms in total. The average Bonchev–Trinajstić information content (AvgIpc) is 3.12. The number of benzene rings is 1. The number of aliphatic hydroxyl groups is 1. The molecule has 8 heteroatoms. The first-order valence-corrected chi connectivity index (χ1v) is 11.3. The van der Waals surface area contributed by atoms with E-state index in [4.69, 9.17) is 9.47 Å². The van der Waals surface area contributed by atoms with E-state index >= 15 is 0 Å². The number of Topliss-reactive ketones (excluding diaryl/α,β-unsaturated/α-hetero) is 1. The minimum absolute atomic E-state index is 0.0841. The van der Waals surface area contributed by atoms with Gasteiger partial charge in [0.2, 0.25) is 0 Å². The molecular formula is C25H29N3O5. The van der Waals surface area contributed by atoms with Crippen LogP contribution in [0.5, 0.6) is 5.75 Å². The lowest BCUT2D eigenvalue weighted by Crippen LogP contribution is -2.42. The van der Waals surface area contributed by atoms with Crippen LogP contribution >= 0.6 is 0 Å². The number of likely N-dealkylation sites (tertiary alicyclic amines) is 1. The van der Waals surface area contributed by atoms with Crippen LogP contribution in [0.25, 0.3) is 5.76 Å². The summed E-state index contributed by atoms with van der Waals surface area (Å²) >= 11 is 0. The fourth-order valence-corrected chi connectivity index (χ4v) is 4.19. The Bertz CT molecular complexity index is 1020. The maximum Gasteiger partial charge on any atom is 0.295 e. The highest BCUT2D eigenvalue weighted by molar-refractivity contribution is 6.46. The summed E-state index contributed by atoms with van der Waals surface area (Å²) in [6.45, 7) is 6.45. The fourth-order valence-electron chi connectivity index (χ4n) is 4.19. The molecule has 2 fully saturated rings. The highest BCUT2D eigenvalue weighted by Crippen LogP contribution is 2.40. The molecule has 33 heavy (non-hydrogen) atoms. The summed E-state index contributed by atoms with van der Waals surface area (Å²) in [5, 5.41) is 11.1. The molecule has 0 spiro atoms. The topological polar surface area (TPSA) is 92.2 Å². The molecule has 2 saturated heterocycles. The number of hydrogen-bond acceptors (Lipinski definition) is 7. The van der Waals surface area contributed by atoms with Gasteiger partial charge in [0.1, 0.15) is 11.5 Å². The summed E-state index contributed by atoms with van der Waals surface area (Å²) in [5.41, 5.74) is 1.25. The predicted octanol–water partition coefficient (Wildman–Crippen LogP) is 2.62. The number of carbonyl (C=O) groups excluding carboxylic acids is 2. The molecule has 3 heterocycles. The van der Waals surface area contributed by atoms with Crippen molar-refractivity contribution in [1.82, 2.24) is 14.8 Å². The van der Waals surface area contributed by atoms with Gasteiger partial charge < -0.3 is 19.5 Å². The van der Waals surface area contributed by atoms with Gasteiger partial charge in [-0.25, -0.2) is 0 Å². The number of pyridine rings is 1. The van der Waals surface area contributed by atoms with Crippen LogP contribution in [0.3, 0.4) is 0 Å². The second-order valence-corrected chi connectivity index (χ2v) is 8.10. The van der Waals surface area contributed by atoms with Gasteiger partial charge in [0.05, 0.1) is 31.4 Å². The molecule has 0 aliphatic carbocycles. The largest absolute Gasteiger partial charge is 0.507 e. The first-order valence-electron chi connectivity index (χ1n) is 11.3. The first kappa shape index (κ1) is 22.9. The summed E-state index contributed by atoms with van der Waals surface area (Å²) in [6, 6.07) is 9.92. The number of ether oxygens (including phenoxy) is 2. The normalized spacial score (nSPS) is 20.9. The number of aliphatic hydroxyl groups excluding tert-OH is 1. The smallest absolute Gasteiger partial charge is 0.295 e. The maximum atomic E-state index is 13.1. The van der Waals surface area contributed by atoms with E-state index in [0.717, 1.165) is 25.1 Å². The van der Waals surface area contributed by atoms with Crippen molar-refractivity contribution in [1.29, 1.82) is 0 Å². The van der Waals surface area contributed by atoms with E-state index in [-0.39, 0.29) is 11.3 Å². The van der Waals surface area contributed by atoms with E-state index < -0.39 is 17.7 Å². The quantitative estimate of drug-likeness (QED) is 0.375. The van der Waals surface area contributed by atoms with Gasteiger partial charge in [-0.1, -0.05) is 19.1 Å². The lowest BCUT2D eigenvalue weighted by molar-refractivity contribution is -0.140. The number of carbonyl (C=O) groups is 2. The van der Waals surface area contributed by atoms with Crippen molar-refractivity contribution < 1.29 is 24.2 Å². The number of rotatable bonds is 8. The zero-order valence-corrected chi connectivity index (χ0v) is 18.8. The molecule has 174 valence electrons. The Kier molecular flexibility index (Phi) is 7.36. The molecule has 1 unspecified atom stereocenters. The Hall–Kier alpha value is -3.23. The second-order valence-electron chi connectivity index (χ2n) is 8.10. The molecular weight excluding hydrogens is 422 g/mol. The molecule has 1 N–H and O–H groups in total. The minimum Gasteiger partial charge on any atom is -0.507 e. The number of amides is 1. The number of nitrogens with zero attached hydrogens (tertiary/aromatic N) is 3. The van der Waals surface area contributed by atoms with Crippen LogP contribution < -0.4 is 4.74 Å². The molecule has 0 bridgehead atoms. The van der Waals surface area contributed by atoms with Crippen molar-refractivity contribution in [3.8, 4) is 5.75 Å². The van der Waals surface area contributed by atoms with Crippen molar-refractivity contribution in [3.63, 3.8) is 0 Å². The zero-order chi connectivity index (χ0) is 23.2. The van der Waals surface area contributed by atoms with E-state index in [1.54, 1.807) is 17.0 Å². The molecule has 2 aliphatic rings. The summed E-state index contributed by atoms with van der Waals surface area (Å²) < 4.78 is 11.2. The van der Waals surface area contributed by atoms with Crippen molar-refractivity contribution in [3.05, 3.63) is 65.5 Å². The van der Waals surface area contributed by atoms with E-state index in [1.807, 2.05) is 31.2 Å². The predicted molar refractivity (Wildman–Crippen MR) is 123 cm³/mol. The van der Waals surface area contributed by atoms with Gasteiger partial charge in [0, 0.05) is 44.1 Å². The summed E-state index contributed by atoms with van der Waals surface area (Å²) in [6.07, 6.45) is 3.94. The van der Waals surface area contributed by atoms with Crippen LogP contribution in [0.15, 0.2) is 54.4 Å². The summed E-state index contributed by atoms with van der Waals surface area (Å²) in [5.74, 6) is -0.827. The molecule has 1 atom stereocenters. The fraction of sp³-hybridized carbons (Fsp3) is 0.400. The molecule has 2 aromatic rings. The van der Waals surface area contributed by atoms with Gasteiger partial charge in [0.25, 0.3) is 11.7 Å². The van der Waals surface area contributed by atoms with Crippen molar-refractivity contribution in [2.45, 2.75) is 19.4 Å². The monoisotopic (exact) mass is 451 g/mol. The summed E-state index contributed by atoms with van der Waals surface area (Å²) in [4.78, 5) is 34.0. The van der Waals surface area contributed by atoms with E-state index in [0.29, 0.717) is 44.2 Å². The lowest BCUT2D eigenvalue weighted by atomic mass is 9.95. The van der Waals surface area contributed by atoms with Crippen LogP contribution in [-0.2, 0) is 14.3 Å². The number of hydrogen-bond donors (Lipinski definition) is 1. The van der Waals surface area contributed by atoms with Crippen LogP contribution in [0.1, 0.15) is 30.5 Å². The molecule has 4 rings (SSSR count). The zero-order valence-electron chi connectivity index (χ0n) is 18.8. The van der Waals surface area contributed by atoms with Crippen molar-refractivity contribution in [2.24, 2.45) is 0 Å². The Morgan fingerprint density at radius 1 is 1.15 bits per heavy atom.